The number of hydrogen-bond acceptors (Lipinski definition) is 3. The minimum Gasteiger partial charge on any atom is -0.355 e. The summed E-state index contributed by atoms with van der Waals surface area (Å²) in [7, 11) is 0. The molecule has 0 saturated carbocycles. The molecule has 0 aliphatic heterocycles. The minimum absolute atomic E-state index is 0.0884. The second-order valence-corrected chi connectivity index (χ2v) is 9.82. The van der Waals surface area contributed by atoms with E-state index in [2.05, 4.69) is 5.32 Å². The van der Waals surface area contributed by atoms with Crippen LogP contribution in [-0.2, 0) is 24.8 Å². The van der Waals surface area contributed by atoms with Crippen LogP contribution in [0.5, 0.6) is 0 Å². The lowest BCUT2D eigenvalue weighted by atomic mass is 9.86. The van der Waals surface area contributed by atoms with Crippen LogP contribution in [-0.4, -0.2) is 16.2 Å². The van der Waals surface area contributed by atoms with Crippen molar-refractivity contribution in [2.75, 3.05) is 5.32 Å². The molecule has 1 aliphatic rings. The van der Waals surface area contributed by atoms with Gasteiger partial charge in [-0.1, -0.05) is 45.0 Å². The summed E-state index contributed by atoms with van der Waals surface area (Å²) in [6, 6.07) is 18.3. The lowest BCUT2D eigenvalue weighted by Gasteiger charge is -2.20. The summed E-state index contributed by atoms with van der Waals surface area (Å²) in [5, 5.41) is 14.3. The molecule has 0 heterocycles. The van der Waals surface area contributed by atoms with Gasteiger partial charge < -0.3 is 5.32 Å². The molecule has 0 fully saturated rings. The molecule has 2 N–H and O–H groups in total. The maximum atomic E-state index is 14.5. The van der Waals surface area contributed by atoms with Gasteiger partial charge in [0.05, 0.1) is 6.54 Å². The summed E-state index contributed by atoms with van der Waals surface area (Å²) in [5.41, 5.74) is 5.71. The maximum Gasteiger partial charge on any atom is 0.277 e. The molecule has 0 radical (unpaired) electrons. The third kappa shape index (κ3) is 5.42. The largest absolute Gasteiger partial charge is 0.355 e. The number of carbonyl (C=O) groups is 1. The van der Waals surface area contributed by atoms with Crippen molar-refractivity contribution in [2.45, 2.75) is 58.4 Å². The van der Waals surface area contributed by atoms with Gasteiger partial charge in [0.25, 0.3) is 5.91 Å². The molecule has 0 aromatic heterocycles. The highest BCUT2D eigenvalue weighted by atomic mass is 19.1. The highest BCUT2D eigenvalue weighted by molar-refractivity contribution is 5.93. The number of nitrogens with one attached hydrogen (secondary N) is 1. The Morgan fingerprint density at radius 2 is 1.61 bits per heavy atom. The molecule has 4 nitrogen and oxygen atoms in total. The number of anilines is 2. The van der Waals surface area contributed by atoms with Crippen molar-refractivity contribution in [1.82, 2.24) is 5.06 Å². The highest BCUT2D eigenvalue weighted by Crippen LogP contribution is 2.28. The number of fused-ring (bicyclic) bond motifs is 1. The standard InChI is InChI=1S/C28H31FN2O2/c1-28(2,3)25-15-14-24(17-26(25)29)30-23-12-8-19(9-13-23)18-31(33)27(32)22-11-10-20-6-4-5-7-21(20)16-22/h8-17,30,33H,4-7,18H2,1-3H3. The van der Waals surface area contributed by atoms with E-state index in [0.29, 0.717) is 16.8 Å². The second-order valence-electron chi connectivity index (χ2n) is 9.82. The predicted octanol–water partition coefficient (Wildman–Crippen LogP) is 6.78. The van der Waals surface area contributed by atoms with Crippen LogP contribution in [0.1, 0.15) is 66.2 Å². The first kappa shape index (κ1) is 23.0. The normalized spacial score (nSPS) is 13.4. The Hall–Kier alpha value is -3.18. The Labute approximate surface area is 195 Å². The molecular weight excluding hydrogens is 415 g/mol. The van der Waals surface area contributed by atoms with Crippen molar-refractivity contribution in [3.05, 3.63) is 94.3 Å². The van der Waals surface area contributed by atoms with Crippen LogP contribution in [0.4, 0.5) is 15.8 Å². The Kier molecular flexibility index (Phi) is 6.52. The molecule has 4 rings (SSSR count). The van der Waals surface area contributed by atoms with Crippen LogP contribution in [0.3, 0.4) is 0 Å². The van der Waals surface area contributed by atoms with Crippen LogP contribution in [0.25, 0.3) is 0 Å². The first-order chi connectivity index (χ1) is 15.7. The number of hydrogen-bond donors (Lipinski definition) is 2. The van der Waals surface area contributed by atoms with Gasteiger partial charge in [-0.3, -0.25) is 10.0 Å². The summed E-state index contributed by atoms with van der Waals surface area (Å²) in [5.74, 6) is -0.638. The molecular formula is C28H31FN2O2. The van der Waals surface area contributed by atoms with Gasteiger partial charge in [-0.2, -0.15) is 0 Å². The first-order valence-corrected chi connectivity index (χ1v) is 11.5. The fourth-order valence-electron chi connectivity index (χ4n) is 4.32. The summed E-state index contributed by atoms with van der Waals surface area (Å²) in [6.07, 6.45) is 4.37. The first-order valence-electron chi connectivity index (χ1n) is 11.5. The van der Waals surface area contributed by atoms with E-state index in [9.17, 15) is 14.4 Å². The molecule has 0 saturated heterocycles. The van der Waals surface area contributed by atoms with Gasteiger partial charge >= 0.3 is 0 Å². The molecule has 5 heteroatoms. The third-order valence-electron chi connectivity index (χ3n) is 6.18. The molecule has 1 aliphatic carbocycles. The molecule has 0 spiro atoms. The molecule has 172 valence electrons. The molecule has 1 amide bonds. The zero-order chi connectivity index (χ0) is 23.6. The van der Waals surface area contributed by atoms with Crippen molar-refractivity contribution >= 4 is 17.3 Å². The number of aryl methyl sites for hydroxylation is 2. The highest BCUT2D eigenvalue weighted by Gasteiger charge is 2.19. The third-order valence-corrected chi connectivity index (χ3v) is 6.18. The van der Waals surface area contributed by atoms with Crippen LogP contribution < -0.4 is 5.32 Å². The summed E-state index contributed by atoms with van der Waals surface area (Å²) in [4.78, 5) is 12.7. The fourth-order valence-corrected chi connectivity index (χ4v) is 4.32. The van der Waals surface area contributed by atoms with Gasteiger partial charge in [0.2, 0.25) is 0 Å². The molecule has 0 atom stereocenters. The zero-order valence-electron chi connectivity index (χ0n) is 19.5. The van der Waals surface area contributed by atoms with E-state index in [1.54, 1.807) is 6.07 Å². The van der Waals surface area contributed by atoms with Gasteiger partial charge in [-0.05, 0) is 89.8 Å². The van der Waals surface area contributed by atoms with E-state index in [4.69, 9.17) is 0 Å². The van der Waals surface area contributed by atoms with E-state index in [1.165, 1.54) is 23.6 Å². The Bertz CT molecular complexity index is 1150. The molecule has 3 aromatic rings. The van der Waals surface area contributed by atoms with Crippen LogP contribution in [0, 0.1) is 5.82 Å². The van der Waals surface area contributed by atoms with E-state index in [0.717, 1.165) is 35.6 Å². The van der Waals surface area contributed by atoms with E-state index in [1.807, 2.05) is 69.3 Å². The monoisotopic (exact) mass is 446 g/mol. The average molecular weight is 447 g/mol. The summed E-state index contributed by atoms with van der Waals surface area (Å²) in [6.45, 7) is 6.04. The van der Waals surface area contributed by atoms with Gasteiger partial charge in [0.15, 0.2) is 0 Å². The van der Waals surface area contributed by atoms with Gasteiger partial charge in [-0.15, -0.1) is 0 Å². The Balaban J connectivity index is 1.39. The molecule has 33 heavy (non-hydrogen) atoms. The SMILES string of the molecule is CC(C)(C)c1ccc(Nc2ccc(CN(O)C(=O)c3ccc4c(c3)CCCC4)cc2)cc1F. The van der Waals surface area contributed by atoms with Crippen molar-refractivity contribution in [3.8, 4) is 0 Å². The van der Waals surface area contributed by atoms with Gasteiger partial charge in [0, 0.05) is 16.9 Å². The smallest absolute Gasteiger partial charge is 0.277 e. The Morgan fingerprint density at radius 1 is 0.939 bits per heavy atom. The van der Waals surface area contributed by atoms with Crippen LogP contribution in [0.15, 0.2) is 60.7 Å². The van der Waals surface area contributed by atoms with Crippen molar-refractivity contribution in [1.29, 1.82) is 0 Å². The van der Waals surface area contributed by atoms with Crippen LogP contribution >= 0.6 is 0 Å². The second kappa shape index (κ2) is 9.36. The lowest BCUT2D eigenvalue weighted by molar-refractivity contribution is -0.0648. The number of hydroxylamine groups is 2. The van der Waals surface area contributed by atoms with E-state index in [-0.39, 0.29) is 17.8 Å². The van der Waals surface area contributed by atoms with E-state index < -0.39 is 5.91 Å². The van der Waals surface area contributed by atoms with Crippen LogP contribution in [0.2, 0.25) is 0 Å². The fraction of sp³-hybridized carbons (Fsp3) is 0.321. The molecule has 0 unspecified atom stereocenters. The number of benzene rings is 3. The summed E-state index contributed by atoms with van der Waals surface area (Å²) >= 11 is 0. The number of carbonyl (C=O) groups excluding carboxylic acids is 1. The predicted molar refractivity (Wildman–Crippen MR) is 130 cm³/mol. The maximum absolute atomic E-state index is 14.5. The Morgan fingerprint density at radius 3 is 2.27 bits per heavy atom. The molecule has 3 aromatic carbocycles. The van der Waals surface area contributed by atoms with Crippen molar-refractivity contribution < 1.29 is 14.4 Å². The van der Waals surface area contributed by atoms with Crippen molar-refractivity contribution in [3.63, 3.8) is 0 Å². The van der Waals surface area contributed by atoms with Gasteiger partial charge in [-0.25, -0.2) is 9.45 Å². The zero-order valence-corrected chi connectivity index (χ0v) is 19.5. The minimum atomic E-state index is -0.403. The average Bonchev–Trinajstić information content (AvgIpc) is 2.78. The number of amides is 1. The summed E-state index contributed by atoms with van der Waals surface area (Å²) < 4.78 is 14.5. The number of rotatable bonds is 5. The molecule has 0 bridgehead atoms. The van der Waals surface area contributed by atoms with Crippen molar-refractivity contribution in [2.24, 2.45) is 0 Å². The van der Waals surface area contributed by atoms with E-state index >= 15 is 0 Å². The topological polar surface area (TPSA) is 52.6 Å². The quantitative estimate of drug-likeness (QED) is 0.336. The number of halogens is 1. The lowest BCUT2D eigenvalue weighted by Crippen LogP contribution is -2.27. The van der Waals surface area contributed by atoms with Gasteiger partial charge in [0.1, 0.15) is 5.82 Å². The number of nitrogens with zero attached hydrogens (tertiary/aromatic N) is 1.